The summed E-state index contributed by atoms with van der Waals surface area (Å²) in [7, 11) is 1.59. The molecule has 21 heavy (non-hydrogen) atoms. The summed E-state index contributed by atoms with van der Waals surface area (Å²) >= 11 is 1.40. The molecule has 1 aromatic heterocycles. The smallest absolute Gasteiger partial charge is 0.268 e. The van der Waals surface area contributed by atoms with Gasteiger partial charge in [0.25, 0.3) is 5.91 Å². The van der Waals surface area contributed by atoms with Crippen molar-refractivity contribution in [3.63, 3.8) is 0 Å². The summed E-state index contributed by atoms with van der Waals surface area (Å²) in [5, 5.41) is 6.12. The number of thiophene rings is 1. The van der Waals surface area contributed by atoms with E-state index in [9.17, 15) is 9.59 Å². The molecule has 0 bridgehead atoms. The van der Waals surface area contributed by atoms with E-state index in [1.165, 1.54) is 11.3 Å². The molecule has 2 N–H and O–H groups in total. The van der Waals surface area contributed by atoms with Crippen LogP contribution in [0.1, 0.15) is 15.2 Å². The second-order valence-electron chi connectivity index (χ2n) is 4.51. The highest BCUT2D eigenvalue weighted by Crippen LogP contribution is 2.31. The zero-order valence-electron chi connectivity index (χ0n) is 11.3. The molecule has 0 fully saturated rings. The molecule has 1 aliphatic rings. The molecule has 6 nitrogen and oxygen atoms in total. The van der Waals surface area contributed by atoms with E-state index in [4.69, 9.17) is 4.74 Å². The lowest BCUT2D eigenvalue weighted by Gasteiger charge is -2.05. The first kappa shape index (κ1) is 13.7. The lowest BCUT2D eigenvalue weighted by molar-refractivity contribution is -0.117. The minimum atomic E-state index is -0.288. The Kier molecular flexibility index (Phi) is 3.68. The zero-order valence-corrected chi connectivity index (χ0v) is 12.1. The highest BCUT2D eigenvalue weighted by atomic mass is 32.1. The SMILES string of the molecule is COCc1c(C(=O)NC2=NCC(=O)N2)sc2ccccc12. The Morgan fingerprint density at radius 2 is 2.29 bits per heavy atom. The van der Waals surface area contributed by atoms with Gasteiger partial charge in [0.15, 0.2) is 0 Å². The molecule has 0 aliphatic carbocycles. The van der Waals surface area contributed by atoms with Gasteiger partial charge in [0.1, 0.15) is 6.54 Å². The number of aliphatic imine (C=N–C) groups is 1. The summed E-state index contributed by atoms with van der Waals surface area (Å²) in [6, 6.07) is 7.78. The minimum absolute atomic E-state index is 0.0486. The van der Waals surface area contributed by atoms with Crippen LogP contribution >= 0.6 is 11.3 Å². The average molecular weight is 303 g/mol. The minimum Gasteiger partial charge on any atom is -0.380 e. The number of guanidine groups is 1. The molecular weight excluding hydrogens is 290 g/mol. The van der Waals surface area contributed by atoms with E-state index in [2.05, 4.69) is 15.6 Å². The average Bonchev–Trinajstić information content (AvgIpc) is 3.04. The number of nitrogens with one attached hydrogen (secondary N) is 2. The third kappa shape index (κ3) is 2.65. The van der Waals surface area contributed by atoms with Gasteiger partial charge in [-0.1, -0.05) is 18.2 Å². The van der Waals surface area contributed by atoms with Gasteiger partial charge in [-0.15, -0.1) is 11.3 Å². The molecule has 3 rings (SSSR count). The Bertz CT molecular complexity index is 751. The van der Waals surface area contributed by atoms with Crippen molar-refractivity contribution in [3.8, 4) is 0 Å². The molecule has 0 unspecified atom stereocenters. The Hall–Kier alpha value is -2.25. The number of benzene rings is 1. The number of fused-ring (bicyclic) bond motifs is 1. The Morgan fingerprint density at radius 3 is 3.00 bits per heavy atom. The van der Waals surface area contributed by atoms with Gasteiger partial charge in [0.2, 0.25) is 11.9 Å². The summed E-state index contributed by atoms with van der Waals surface area (Å²) in [6.45, 7) is 0.401. The molecule has 0 saturated carbocycles. The number of ether oxygens (including phenoxy) is 1. The monoisotopic (exact) mass is 303 g/mol. The molecule has 2 heterocycles. The standard InChI is InChI=1S/C14H13N3O3S/c1-20-7-9-8-4-2-3-5-10(8)21-12(9)13(19)17-14-15-6-11(18)16-14/h2-5H,6-7H2,1H3,(H2,15,16,17,18,19). The third-order valence-corrected chi connectivity index (χ3v) is 4.28. The highest BCUT2D eigenvalue weighted by molar-refractivity contribution is 7.21. The molecule has 0 saturated heterocycles. The van der Waals surface area contributed by atoms with Gasteiger partial charge < -0.3 is 4.74 Å². The van der Waals surface area contributed by atoms with Crippen molar-refractivity contribution < 1.29 is 14.3 Å². The van der Waals surface area contributed by atoms with E-state index < -0.39 is 0 Å². The van der Waals surface area contributed by atoms with Gasteiger partial charge in [0, 0.05) is 17.4 Å². The highest BCUT2D eigenvalue weighted by Gasteiger charge is 2.21. The maximum Gasteiger partial charge on any atom is 0.268 e. The van der Waals surface area contributed by atoms with E-state index in [0.29, 0.717) is 11.5 Å². The molecule has 0 radical (unpaired) electrons. The Labute approximate surface area is 124 Å². The van der Waals surface area contributed by atoms with Crippen LogP contribution in [0.15, 0.2) is 29.3 Å². The predicted molar refractivity (Wildman–Crippen MR) is 80.4 cm³/mol. The summed E-state index contributed by atoms with van der Waals surface area (Å²) in [5.41, 5.74) is 0.848. The first-order valence-corrected chi connectivity index (χ1v) is 7.15. The van der Waals surface area contributed by atoms with Gasteiger partial charge >= 0.3 is 0 Å². The largest absolute Gasteiger partial charge is 0.380 e. The number of rotatable bonds is 3. The van der Waals surface area contributed by atoms with Gasteiger partial charge in [-0.3, -0.25) is 20.2 Å². The molecule has 7 heteroatoms. The molecule has 0 atom stereocenters. The van der Waals surface area contributed by atoms with Crippen LogP contribution in [0.3, 0.4) is 0 Å². The number of amides is 2. The van der Waals surface area contributed by atoms with Gasteiger partial charge in [-0.25, -0.2) is 4.99 Å². The molecule has 1 aliphatic heterocycles. The maximum absolute atomic E-state index is 12.4. The Balaban J connectivity index is 1.93. The quantitative estimate of drug-likeness (QED) is 0.896. The van der Waals surface area contributed by atoms with Gasteiger partial charge in [0.05, 0.1) is 11.5 Å². The van der Waals surface area contributed by atoms with E-state index in [-0.39, 0.29) is 24.3 Å². The predicted octanol–water partition coefficient (Wildman–Crippen LogP) is 1.26. The van der Waals surface area contributed by atoms with Crippen molar-refractivity contribution >= 4 is 39.2 Å². The molecule has 108 valence electrons. The van der Waals surface area contributed by atoms with Gasteiger partial charge in [-0.2, -0.15) is 0 Å². The van der Waals surface area contributed by atoms with Crippen LogP contribution in [0.25, 0.3) is 10.1 Å². The first-order chi connectivity index (χ1) is 10.2. The van der Waals surface area contributed by atoms with Crippen molar-refractivity contribution in [1.29, 1.82) is 0 Å². The number of methoxy groups -OCH3 is 1. The second-order valence-corrected chi connectivity index (χ2v) is 5.56. The van der Waals surface area contributed by atoms with Crippen LogP contribution in [0, 0.1) is 0 Å². The second kappa shape index (κ2) is 5.63. The summed E-state index contributed by atoms with van der Waals surface area (Å²) in [5.74, 6) is -0.311. The van der Waals surface area contributed by atoms with Crippen molar-refractivity contribution in [3.05, 3.63) is 34.7 Å². The molecule has 1 aromatic carbocycles. The topological polar surface area (TPSA) is 79.8 Å². The fourth-order valence-corrected chi connectivity index (χ4v) is 3.27. The number of carbonyl (C=O) groups is 2. The zero-order chi connectivity index (χ0) is 14.8. The summed E-state index contributed by atoms with van der Waals surface area (Å²) in [4.78, 5) is 28.0. The molecule has 2 aromatic rings. The summed E-state index contributed by atoms with van der Waals surface area (Å²) < 4.78 is 6.22. The number of hydrogen-bond acceptors (Lipinski definition) is 5. The van der Waals surface area contributed by atoms with Crippen molar-refractivity contribution in [2.24, 2.45) is 4.99 Å². The number of nitrogens with zero attached hydrogens (tertiary/aromatic N) is 1. The van der Waals surface area contributed by atoms with Crippen LogP contribution < -0.4 is 10.6 Å². The van der Waals surface area contributed by atoms with Crippen LogP contribution in [0.2, 0.25) is 0 Å². The van der Waals surface area contributed by atoms with Crippen LogP contribution in [-0.4, -0.2) is 31.4 Å². The van der Waals surface area contributed by atoms with Crippen LogP contribution in [0.4, 0.5) is 0 Å². The normalized spacial score (nSPS) is 14.1. The first-order valence-electron chi connectivity index (χ1n) is 6.34. The lowest BCUT2D eigenvalue weighted by Crippen LogP contribution is -2.40. The fourth-order valence-electron chi connectivity index (χ4n) is 2.17. The summed E-state index contributed by atoms with van der Waals surface area (Å²) in [6.07, 6.45) is 0. The maximum atomic E-state index is 12.4. The third-order valence-electron chi connectivity index (χ3n) is 3.06. The lowest BCUT2D eigenvalue weighted by atomic mass is 10.1. The molecule has 2 amide bonds. The van der Waals surface area contributed by atoms with Crippen molar-refractivity contribution in [2.45, 2.75) is 6.61 Å². The van der Waals surface area contributed by atoms with Crippen LogP contribution in [0.5, 0.6) is 0 Å². The number of hydrogen-bond donors (Lipinski definition) is 2. The van der Waals surface area contributed by atoms with Crippen molar-refractivity contribution in [1.82, 2.24) is 10.6 Å². The van der Waals surface area contributed by atoms with E-state index in [0.717, 1.165) is 15.6 Å². The van der Waals surface area contributed by atoms with Crippen molar-refractivity contribution in [2.75, 3.05) is 13.7 Å². The molecule has 0 spiro atoms. The van der Waals surface area contributed by atoms with E-state index >= 15 is 0 Å². The van der Waals surface area contributed by atoms with Gasteiger partial charge in [-0.05, 0) is 11.5 Å². The molecular formula is C14H13N3O3S. The fraction of sp³-hybridized carbons (Fsp3) is 0.214. The van der Waals surface area contributed by atoms with E-state index in [1.807, 2.05) is 24.3 Å². The number of carbonyl (C=O) groups excluding carboxylic acids is 2. The Morgan fingerprint density at radius 1 is 1.48 bits per heavy atom. The van der Waals surface area contributed by atoms with Crippen LogP contribution in [-0.2, 0) is 16.1 Å². The van der Waals surface area contributed by atoms with E-state index in [1.54, 1.807) is 7.11 Å².